The van der Waals surface area contributed by atoms with Crippen LogP contribution >= 0.6 is 11.6 Å². The molecular formula is C27H31ClN6O3S. The number of aryl methyl sites for hydroxylation is 2. The summed E-state index contributed by atoms with van der Waals surface area (Å²) in [4.78, 5) is 27.9. The summed E-state index contributed by atoms with van der Waals surface area (Å²) in [6, 6.07) is 14.0. The minimum Gasteiger partial charge on any atom is -0.368 e. The van der Waals surface area contributed by atoms with E-state index in [4.69, 9.17) is 11.6 Å². The molecular weight excluding hydrogens is 524 g/mol. The van der Waals surface area contributed by atoms with E-state index >= 15 is 0 Å². The van der Waals surface area contributed by atoms with Crippen molar-refractivity contribution in [2.45, 2.75) is 37.6 Å². The molecule has 1 N–H and O–H groups in total. The van der Waals surface area contributed by atoms with Gasteiger partial charge in [0.25, 0.3) is 10.0 Å². The Morgan fingerprint density at radius 3 is 2.47 bits per heavy atom. The quantitative estimate of drug-likeness (QED) is 0.495. The molecule has 2 aliphatic rings. The first-order valence-electron chi connectivity index (χ1n) is 12.7. The Labute approximate surface area is 228 Å². The number of nitrogens with zero attached hydrogens (tertiary/aromatic N) is 5. The zero-order valence-corrected chi connectivity index (χ0v) is 23.0. The van der Waals surface area contributed by atoms with Crippen molar-refractivity contribution >= 4 is 44.7 Å². The first-order valence-corrected chi connectivity index (χ1v) is 14.6. The van der Waals surface area contributed by atoms with E-state index in [2.05, 4.69) is 24.5 Å². The fraction of sp³-hybridized carbons (Fsp3) is 0.370. The molecule has 200 valence electrons. The Morgan fingerprint density at radius 1 is 1.03 bits per heavy atom. The maximum atomic E-state index is 13.4. The summed E-state index contributed by atoms with van der Waals surface area (Å²) >= 11 is 6.19. The highest BCUT2D eigenvalue weighted by Gasteiger charge is 2.31. The lowest BCUT2D eigenvalue weighted by Crippen LogP contribution is -2.55. The molecule has 0 aliphatic carbocycles. The van der Waals surface area contributed by atoms with Gasteiger partial charge in [0.15, 0.2) is 0 Å². The molecule has 0 unspecified atom stereocenters. The lowest BCUT2D eigenvalue weighted by molar-refractivity contribution is -0.132. The smallest absolute Gasteiger partial charge is 0.263 e. The summed E-state index contributed by atoms with van der Waals surface area (Å²) in [7, 11) is -3.77. The maximum Gasteiger partial charge on any atom is 0.263 e. The van der Waals surface area contributed by atoms with Gasteiger partial charge in [-0.15, -0.1) is 0 Å². The number of benzene rings is 2. The SMILES string of the molecule is Cc1nccc(NS(=O)(=O)c2ccc(N3CCN(C(=O)[C@H](C)N4CCCc5cc(Cl)ccc54)CC3)cc2)n1. The number of piperazine rings is 1. The normalized spacial score (nSPS) is 16.7. The molecule has 0 spiro atoms. The third kappa shape index (κ3) is 5.56. The first kappa shape index (κ1) is 26.2. The summed E-state index contributed by atoms with van der Waals surface area (Å²) in [5, 5.41) is 0.725. The number of amides is 1. The van der Waals surface area contributed by atoms with Gasteiger partial charge in [-0.25, -0.2) is 18.4 Å². The second-order valence-electron chi connectivity index (χ2n) is 9.65. The van der Waals surface area contributed by atoms with E-state index in [1.165, 1.54) is 17.8 Å². The van der Waals surface area contributed by atoms with Crippen LogP contribution in [0.25, 0.3) is 0 Å². The highest BCUT2D eigenvalue weighted by atomic mass is 35.5. The predicted molar refractivity (Wildman–Crippen MR) is 149 cm³/mol. The molecule has 1 amide bonds. The van der Waals surface area contributed by atoms with Gasteiger partial charge in [-0.05, 0) is 80.8 Å². The van der Waals surface area contributed by atoms with E-state index in [1.54, 1.807) is 31.2 Å². The maximum absolute atomic E-state index is 13.4. The van der Waals surface area contributed by atoms with Crippen molar-refractivity contribution in [3.05, 3.63) is 71.1 Å². The van der Waals surface area contributed by atoms with Gasteiger partial charge in [-0.2, -0.15) is 0 Å². The van der Waals surface area contributed by atoms with Crippen molar-refractivity contribution < 1.29 is 13.2 Å². The summed E-state index contributed by atoms with van der Waals surface area (Å²) in [6.45, 7) is 7.10. The summed E-state index contributed by atoms with van der Waals surface area (Å²) in [5.41, 5.74) is 3.21. The van der Waals surface area contributed by atoms with Crippen LogP contribution in [0.3, 0.4) is 0 Å². The topological polar surface area (TPSA) is 98.7 Å². The number of nitrogens with one attached hydrogen (secondary N) is 1. The molecule has 0 bridgehead atoms. The molecule has 2 aromatic carbocycles. The van der Waals surface area contributed by atoms with E-state index < -0.39 is 10.0 Å². The van der Waals surface area contributed by atoms with Crippen molar-refractivity contribution in [2.75, 3.05) is 47.2 Å². The Balaban J connectivity index is 1.19. The Bertz CT molecular complexity index is 1420. The molecule has 1 fully saturated rings. The molecule has 11 heteroatoms. The number of rotatable bonds is 6. The van der Waals surface area contributed by atoms with Gasteiger partial charge >= 0.3 is 0 Å². The number of aromatic nitrogens is 2. The molecule has 38 heavy (non-hydrogen) atoms. The highest BCUT2D eigenvalue weighted by Crippen LogP contribution is 2.31. The van der Waals surface area contributed by atoms with Crippen LogP contribution < -0.4 is 14.5 Å². The third-order valence-corrected chi connectivity index (χ3v) is 8.75. The average Bonchev–Trinajstić information content (AvgIpc) is 2.91. The molecule has 3 heterocycles. The second kappa shape index (κ2) is 10.8. The predicted octanol–water partition coefficient (Wildman–Crippen LogP) is 3.73. The summed E-state index contributed by atoms with van der Waals surface area (Å²) in [6.07, 6.45) is 3.48. The fourth-order valence-corrected chi connectivity index (χ4v) is 6.32. The van der Waals surface area contributed by atoms with Crippen LogP contribution in [0.2, 0.25) is 5.02 Å². The Morgan fingerprint density at radius 2 is 1.76 bits per heavy atom. The minimum absolute atomic E-state index is 0.125. The largest absolute Gasteiger partial charge is 0.368 e. The van der Waals surface area contributed by atoms with Crippen molar-refractivity contribution in [1.82, 2.24) is 14.9 Å². The molecule has 1 aromatic heterocycles. The van der Waals surface area contributed by atoms with Crippen LogP contribution in [0, 0.1) is 6.92 Å². The lowest BCUT2D eigenvalue weighted by atomic mass is 10.00. The van der Waals surface area contributed by atoms with Gasteiger partial charge in [0, 0.05) is 55.3 Å². The lowest BCUT2D eigenvalue weighted by Gasteiger charge is -2.41. The highest BCUT2D eigenvalue weighted by molar-refractivity contribution is 7.92. The number of halogens is 1. The molecule has 2 aliphatic heterocycles. The fourth-order valence-electron chi connectivity index (χ4n) is 5.13. The van der Waals surface area contributed by atoms with Crippen LogP contribution in [-0.2, 0) is 21.2 Å². The van der Waals surface area contributed by atoms with Crippen LogP contribution in [0.1, 0.15) is 24.7 Å². The molecule has 9 nitrogen and oxygen atoms in total. The Kier molecular flexibility index (Phi) is 7.45. The average molecular weight is 555 g/mol. The molecule has 0 saturated carbocycles. The van der Waals surface area contributed by atoms with Crippen LogP contribution in [0.15, 0.2) is 59.6 Å². The molecule has 1 atom stereocenters. The number of carbonyl (C=O) groups is 1. The van der Waals surface area contributed by atoms with Crippen molar-refractivity contribution in [2.24, 2.45) is 0 Å². The first-order chi connectivity index (χ1) is 18.2. The molecule has 1 saturated heterocycles. The van der Waals surface area contributed by atoms with E-state index in [9.17, 15) is 13.2 Å². The standard InChI is InChI=1S/C27H31ClN6O3S/c1-19(34-13-3-4-21-18-22(28)5-10-25(21)34)27(35)33-16-14-32(15-17-33)23-6-8-24(9-7-23)38(36,37)31-26-11-12-29-20(2)30-26/h5-12,18-19H,3-4,13-17H2,1-2H3,(H,29,30,31)/t19-/m0/s1. The van der Waals surface area contributed by atoms with E-state index in [-0.39, 0.29) is 22.7 Å². The van der Waals surface area contributed by atoms with E-state index in [0.717, 1.165) is 35.8 Å². The monoisotopic (exact) mass is 554 g/mol. The zero-order valence-electron chi connectivity index (χ0n) is 21.5. The van der Waals surface area contributed by atoms with Crippen LogP contribution in [0.4, 0.5) is 17.2 Å². The number of fused-ring (bicyclic) bond motifs is 1. The second-order valence-corrected chi connectivity index (χ2v) is 11.8. The minimum atomic E-state index is -3.77. The van der Waals surface area contributed by atoms with Crippen molar-refractivity contribution in [3.63, 3.8) is 0 Å². The van der Waals surface area contributed by atoms with Crippen molar-refractivity contribution in [1.29, 1.82) is 0 Å². The van der Waals surface area contributed by atoms with Gasteiger partial charge in [0.1, 0.15) is 17.7 Å². The van der Waals surface area contributed by atoms with Gasteiger partial charge in [0.2, 0.25) is 5.91 Å². The zero-order chi connectivity index (χ0) is 26.9. The van der Waals surface area contributed by atoms with E-state index in [1.807, 2.05) is 30.0 Å². The van der Waals surface area contributed by atoms with Gasteiger partial charge in [-0.3, -0.25) is 9.52 Å². The molecule has 3 aromatic rings. The van der Waals surface area contributed by atoms with Gasteiger partial charge in [0.05, 0.1) is 4.90 Å². The van der Waals surface area contributed by atoms with E-state index in [0.29, 0.717) is 32.0 Å². The van der Waals surface area contributed by atoms with Crippen LogP contribution in [-0.4, -0.2) is 68.0 Å². The number of carbonyl (C=O) groups excluding carboxylic acids is 1. The number of hydrogen-bond donors (Lipinski definition) is 1. The number of hydrogen-bond acceptors (Lipinski definition) is 7. The molecule has 5 rings (SSSR count). The number of anilines is 3. The summed E-state index contributed by atoms with van der Waals surface area (Å²) in [5.74, 6) is 0.839. The third-order valence-electron chi connectivity index (χ3n) is 7.14. The van der Waals surface area contributed by atoms with Gasteiger partial charge < -0.3 is 14.7 Å². The molecule has 0 radical (unpaired) electrons. The van der Waals surface area contributed by atoms with Crippen LogP contribution in [0.5, 0.6) is 0 Å². The Hall–Kier alpha value is -3.37. The van der Waals surface area contributed by atoms with Gasteiger partial charge in [-0.1, -0.05) is 11.6 Å². The van der Waals surface area contributed by atoms with Crippen molar-refractivity contribution in [3.8, 4) is 0 Å². The summed E-state index contributed by atoms with van der Waals surface area (Å²) < 4.78 is 28.0. The number of sulfonamides is 1.